The number of anilines is 3. The molecule has 4 rings (SSSR count). The van der Waals surface area contributed by atoms with Gasteiger partial charge in [-0.3, -0.25) is 10.2 Å². The summed E-state index contributed by atoms with van der Waals surface area (Å²) in [4.78, 5) is 24.3. The molecular formula is C26H18F5N5O3. The molecule has 3 aromatic carbocycles. The molecule has 6 N–H and O–H groups in total. The van der Waals surface area contributed by atoms with E-state index in [1.54, 1.807) is 0 Å². The molecule has 0 radical (unpaired) electrons. The Labute approximate surface area is 217 Å². The summed E-state index contributed by atoms with van der Waals surface area (Å²) in [5.41, 5.74) is 4.21. The van der Waals surface area contributed by atoms with Crippen LogP contribution in [0.25, 0.3) is 11.1 Å². The van der Waals surface area contributed by atoms with Gasteiger partial charge < -0.3 is 26.1 Å². The van der Waals surface area contributed by atoms with Crippen LogP contribution in [0.2, 0.25) is 0 Å². The fourth-order valence-electron chi connectivity index (χ4n) is 3.50. The Bertz CT molecular complexity index is 1550. The summed E-state index contributed by atoms with van der Waals surface area (Å²) in [5.74, 6) is -3.11. The number of rotatable bonds is 5. The van der Waals surface area contributed by atoms with E-state index >= 15 is 4.39 Å². The lowest BCUT2D eigenvalue weighted by molar-refractivity contribution is -0.137. The van der Waals surface area contributed by atoms with Gasteiger partial charge in [0.15, 0.2) is 11.6 Å². The lowest BCUT2D eigenvalue weighted by Gasteiger charge is -2.13. The lowest BCUT2D eigenvalue weighted by Crippen LogP contribution is -2.31. The largest absolute Gasteiger partial charge is 0.459 e. The molecule has 0 saturated heterocycles. The van der Waals surface area contributed by atoms with Gasteiger partial charge in [0.05, 0.1) is 23.2 Å². The molecule has 0 bridgehead atoms. The molecule has 0 spiro atoms. The van der Waals surface area contributed by atoms with E-state index in [2.05, 4.69) is 10.6 Å². The molecule has 3 amide bonds. The Morgan fingerprint density at radius 3 is 2.28 bits per heavy atom. The Morgan fingerprint density at radius 1 is 0.923 bits per heavy atom. The van der Waals surface area contributed by atoms with Crippen molar-refractivity contribution in [2.24, 2.45) is 0 Å². The average Bonchev–Trinajstić information content (AvgIpc) is 3.42. The van der Waals surface area contributed by atoms with E-state index in [1.807, 2.05) is 5.32 Å². The van der Waals surface area contributed by atoms with Crippen molar-refractivity contribution in [3.63, 3.8) is 0 Å². The minimum absolute atomic E-state index is 0.0437. The van der Waals surface area contributed by atoms with Gasteiger partial charge in [-0.25, -0.2) is 13.6 Å². The van der Waals surface area contributed by atoms with Crippen molar-refractivity contribution in [1.82, 2.24) is 5.32 Å². The molecular weight excluding hydrogens is 525 g/mol. The molecule has 8 nitrogen and oxygen atoms in total. The summed E-state index contributed by atoms with van der Waals surface area (Å²) in [5, 5.41) is 14.7. The van der Waals surface area contributed by atoms with Gasteiger partial charge in [0, 0.05) is 16.8 Å². The minimum atomic E-state index is -4.72. The number of benzene rings is 3. The Hall–Kier alpha value is -5.20. The molecule has 0 aliphatic carbocycles. The molecule has 0 fully saturated rings. The number of furan rings is 1. The van der Waals surface area contributed by atoms with Crippen molar-refractivity contribution < 1.29 is 36.0 Å². The molecule has 0 aliphatic rings. The molecule has 0 saturated carbocycles. The number of amides is 3. The van der Waals surface area contributed by atoms with Gasteiger partial charge in [0.25, 0.3) is 5.91 Å². The molecule has 1 heterocycles. The van der Waals surface area contributed by atoms with Crippen molar-refractivity contribution >= 4 is 34.8 Å². The van der Waals surface area contributed by atoms with Crippen LogP contribution in [-0.4, -0.2) is 17.8 Å². The van der Waals surface area contributed by atoms with Crippen LogP contribution in [-0.2, 0) is 6.18 Å². The Morgan fingerprint density at radius 2 is 1.64 bits per heavy atom. The second-order valence-electron chi connectivity index (χ2n) is 8.04. The number of nitrogens with one attached hydrogen (secondary N) is 4. The van der Waals surface area contributed by atoms with Crippen molar-refractivity contribution in [2.75, 3.05) is 16.4 Å². The van der Waals surface area contributed by atoms with Crippen LogP contribution in [0.15, 0.2) is 77.4 Å². The number of carbonyl (C=O) groups excluding carboxylic acids is 2. The normalized spacial score (nSPS) is 11.1. The minimum Gasteiger partial charge on any atom is -0.459 e. The maximum Gasteiger partial charge on any atom is 0.416 e. The molecule has 200 valence electrons. The van der Waals surface area contributed by atoms with E-state index in [4.69, 9.17) is 15.6 Å². The van der Waals surface area contributed by atoms with E-state index < -0.39 is 46.8 Å². The first-order chi connectivity index (χ1) is 18.4. The smallest absolute Gasteiger partial charge is 0.416 e. The highest BCUT2D eigenvalue weighted by Crippen LogP contribution is 2.32. The molecule has 13 heteroatoms. The Kier molecular flexibility index (Phi) is 7.33. The first kappa shape index (κ1) is 26.9. The number of alkyl halides is 3. The number of nitrogens with two attached hydrogens (primary N) is 1. The second-order valence-corrected chi connectivity index (χ2v) is 8.04. The van der Waals surface area contributed by atoms with Crippen molar-refractivity contribution in [2.45, 2.75) is 6.18 Å². The highest BCUT2D eigenvalue weighted by atomic mass is 19.4. The summed E-state index contributed by atoms with van der Waals surface area (Å²) in [6.07, 6.45) is -3.44. The number of carbonyl (C=O) groups is 2. The first-order valence-electron chi connectivity index (χ1n) is 11.0. The third kappa shape index (κ3) is 6.04. The topological polar surface area (TPSA) is 133 Å². The summed E-state index contributed by atoms with van der Waals surface area (Å²) in [7, 11) is 0. The average molecular weight is 543 g/mol. The van der Waals surface area contributed by atoms with E-state index in [-0.39, 0.29) is 28.3 Å². The van der Waals surface area contributed by atoms with Gasteiger partial charge in [-0.2, -0.15) is 13.2 Å². The van der Waals surface area contributed by atoms with Crippen molar-refractivity contribution in [3.05, 3.63) is 102 Å². The number of urea groups is 1. The van der Waals surface area contributed by atoms with Gasteiger partial charge in [-0.15, -0.1) is 0 Å². The molecule has 1 aromatic heterocycles. The number of amidine groups is 1. The van der Waals surface area contributed by atoms with Gasteiger partial charge in [0.1, 0.15) is 11.7 Å². The van der Waals surface area contributed by atoms with E-state index in [9.17, 15) is 27.2 Å². The van der Waals surface area contributed by atoms with Crippen LogP contribution in [0.5, 0.6) is 0 Å². The van der Waals surface area contributed by atoms with E-state index in [0.29, 0.717) is 23.8 Å². The van der Waals surface area contributed by atoms with Gasteiger partial charge in [-0.1, -0.05) is 18.2 Å². The van der Waals surface area contributed by atoms with Gasteiger partial charge in [0.2, 0.25) is 0 Å². The summed E-state index contributed by atoms with van der Waals surface area (Å²) < 4.78 is 72.5. The summed E-state index contributed by atoms with van der Waals surface area (Å²) in [6.45, 7) is 0. The van der Waals surface area contributed by atoms with E-state index in [0.717, 1.165) is 0 Å². The number of hydrogen-bond acceptors (Lipinski definition) is 5. The highest BCUT2D eigenvalue weighted by molar-refractivity contribution is 6.12. The monoisotopic (exact) mass is 543 g/mol. The zero-order chi connectivity index (χ0) is 28.3. The fourth-order valence-corrected chi connectivity index (χ4v) is 3.50. The van der Waals surface area contributed by atoms with Crippen LogP contribution in [0.3, 0.4) is 0 Å². The fraction of sp³-hybridized carbons (Fsp3) is 0.0385. The highest BCUT2D eigenvalue weighted by Gasteiger charge is 2.31. The first-order valence-corrected chi connectivity index (χ1v) is 11.0. The molecule has 0 atom stereocenters. The predicted molar refractivity (Wildman–Crippen MR) is 133 cm³/mol. The predicted octanol–water partition coefficient (Wildman–Crippen LogP) is 6.23. The van der Waals surface area contributed by atoms with Crippen LogP contribution in [0, 0.1) is 17.0 Å². The maximum absolute atomic E-state index is 15.1. The van der Waals surface area contributed by atoms with Crippen LogP contribution < -0.4 is 21.7 Å². The van der Waals surface area contributed by atoms with Crippen molar-refractivity contribution in [1.29, 1.82) is 5.41 Å². The maximum atomic E-state index is 15.1. The van der Waals surface area contributed by atoms with Gasteiger partial charge >= 0.3 is 12.2 Å². The Balaban J connectivity index is 1.45. The standard InChI is InChI=1S/C26H18F5N5O3/c27-18-10-5-14(26(29,30)31)12-19(18)35-25(38)34-15-6-3-13(4-7-15)16-8-9-17(22(32)21(16)28)23(33)36-24(37)20-2-1-11-39-20/h1-12H,32H2,(H2,33,36,37)(H2,34,35,38). The molecule has 0 aliphatic heterocycles. The zero-order valence-electron chi connectivity index (χ0n) is 19.6. The molecule has 0 unspecified atom stereocenters. The van der Waals surface area contributed by atoms with Crippen LogP contribution >= 0.6 is 0 Å². The zero-order valence-corrected chi connectivity index (χ0v) is 19.6. The quantitative estimate of drug-likeness (QED) is 0.0884. The van der Waals surface area contributed by atoms with Crippen LogP contribution in [0.1, 0.15) is 21.7 Å². The van der Waals surface area contributed by atoms with Crippen LogP contribution in [0.4, 0.5) is 43.8 Å². The second kappa shape index (κ2) is 10.7. The third-order valence-electron chi connectivity index (χ3n) is 5.43. The SMILES string of the molecule is N=C(NC(=O)c1ccco1)c1ccc(-c2ccc(NC(=O)Nc3cc(C(F)(F)F)ccc3F)cc2)c(F)c1N. The molecule has 4 aromatic rings. The number of hydrogen-bond donors (Lipinski definition) is 5. The lowest BCUT2D eigenvalue weighted by atomic mass is 10.0. The van der Waals surface area contributed by atoms with Crippen molar-refractivity contribution in [3.8, 4) is 11.1 Å². The van der Waals surface area contributed by atoms with E-state index in [1.165, 1.54) is 54.8 Å². The summed E-state index contributed by atoms with van der Waals surface area (Å²) in [6, 6.07) is 11.8. The summed E-state index contributed by atoms with van der Waals surface area (Å²) >= 11 is 0. The van der Waals surface area contributed by atoms with Gasteiger partial charge in [-0.05, 0) is 54.1 Å². The molecule has 39 heavy (non-hydrogen) atoms. The number of nitrogen functional groups attached to an aromatic ring is 1. The third-order valence-corrected chi connectivity index (χ3v) is 5.43. The number of halogens is 5.